The number of hydrogen-bond donors (Lipinski definition) is 0. The summed E-state index contributed by atoms with van der Waals surface area (Å²) in [6.45, 7) is 5.45. The summed E-state index contributed by atoms with van der Waals surface area (Å²) < 4.78 is 4.58. The molecule has 0 unspecified atom stereocenters. The van der Waals surface area contributed by atoms with Crippen molar-refractivity contribution < 1.29 is 0 Å². The molecule has 0 atom stereocenters. The number of anilines is 2. The third-order valence-corrected chi connectivity index (χ3v) is 8.59. The summed E-state index contributed by atoms with van der Waals surface area (Å²) in [4.78, 5) is 12.3. The van der Waals surface area contributed by atoms with Crippen molar-refractivity contribution in [1.82, 2.24) is 19.1 Å². The zero-order valence-corrected chi connectivity index (χ0v) is 24.4. The van der Waals surface area contributed by atoms with E-state index < -0.39 is 0 Å². The van der Waals surface area contributed by atoms with Gasteiger partial charge in [-0.15, -0.1) is 0 Å². The van der Waals surface area contributed by atoms with Gasteiger partial charge in [-0.05, 0) is 84.8 Å². The summed E-state index contributed by atoms with van der Waals surface area (Å²) in [6.07, 6.45) is 3.87. The molecular formula is C36H34N6. The third kappa shape index (κ3) is 4.33. The van der Waals surface area contributed by atoms with E-state index in [1.807, 2.05) is 6.07 Å². The van der Waals surface area contributed by atoms with Crippen molar-refractivity contribution in [3.05, 3.63) is 107 Å². The van der Waals surface area contributed by atoms with Gasteiger partial charge in [0.2, 0.25) is 0 Å². The number of fused-ring (bicyclic) bond motifs is 4. The van der Waals surface area contributed by atoms with Crippen LogP contribution in [0.15, 0.2) is 78.9 Å². The molecule has 6 heteroatoms. The lowest BCUT2D eigenvalue weighted by atomic mass is 10.0. The second-order valence-electron chi connectivity index (χ2n) is 11.3. The molecule has 2 aromatic heterocycles. The highest BCUT2D eigenvalue weighted by atomic mass is 15.1. The van der Waals surface area contributed by atoms with Crippen molar-refractivity contribution in [3.8, 4) is 17.5 Å². The van der Waals surface area contributed by atoms with Gasteiger partial charge in [0.15, 0.2) is 0 Å². The Kier molecular flexibility index (Phi) is 6.51. The fourth-order valence-electron chi connectivity index (χ4n) is 6.57. The highest BCUT2D eigenvalue weighted by Gasteiger charge is 2.22. The van der Waals surface area contributed by atoms with E-state index in [9.17, 15) is 5.26 Å². The Morgan fingerprint density at radius 1 is 0.857 bits per heavy atom. The molecule has 6 aromatic rings. The molecule has 0 bridgehead atoms. The number of para-hydroxylation sites is 3. The number of rotatable bonds is 6. The molecule has 42 heavy (non-hydrogen) atoms. The van der Waals surface area contributed by atoms with Crippen LogP contribution < -0.4 is 4.90 Å². The molecule has 0 N–H and O–H groups in total. The largest absolute Gasteiger partial charge is 0.327 e. The molecule has 0 radical (unpaired) electrons. The fraction of sp³-hybridized carbons (Fsp3) is 0.250. The van der Waals surface area contributed by atoms with Gasteiger partial charge in [-0.3, -0.25) is 0 Å². The van der Waals surface area contributed by atoms with Crippen LogP contribution in [-0.4, -0.2) is 25.6 Å². The molecule has 208 valence electrons. The molecule has 4 aromatic carbocycles. The molecular weight excluding hydrogens is 516 g/mol. The van der Waals surface area contributed by atoms with Crippen molar-refractivity contribution in [2.75, 3.05) is 11.4 Å². The van der Waals surface area contributed by atoms with Crippen LogP contribution >= 0.6 is 0 Å². The quantitative estimate of drug-likeness (QED) is 0.200. The fourth-order valence-corrected chi connectivity index (χ4v) is 6.57. The molecule has 0 aliphatic carbocycles. The van der Waals surface area contributed by atoms with Gasteiger partial charge in [-0.2, -0.15) is 5.26 Å². The van der Waals surface area contributed by atoms with Gasteiger partial charge in [0.25, 0.3) is 0 Å². The minimum Gasteiger partial charge on any atom is -0.327 e. The molecule has 6 nitrogen and oxygen atoms in total. The summed E-state index contributed by atoms with van der Waals surface area (Å²) in [6, 6.07) is 30.4. The molecule has 0 saturated carbocycles. The second kappa shape index (κ2) is 10.5. The maximum atomic E-state index is 9.65. The topological polar surface area (TPSA) is 62.7 Å². The van der Waals surface area contributed by atoms with E-state index in [0.29, 0.717) is 6.54 Å². The predicted molar refractivity (Wildman–Crippen MR) is 170 cm³/mol. The van der Waals surface area contributed by atoms with E-state index in [1.54, 1.807) is 0 Å². The van der Waals surface area contributed by atoms with E-state index in [-0.39, 0.29) is 0 Å². The first-order chi connectivity index (χ1) is 20.6. The van der Waals surface area contributed by atoms with Crippen molar-refractivity contribution in [1.29, 1.82) is 5.26 Å². The summed E-state index contributed by atoms with van der Waals surface area (Å²) in [5, 5.41) is 9.65. The molecule has 7 rings (SSSR count). The SMILES string of the molecule is CCCc1nc2c(C)cc(-c3nc4ccccc4n3C)cc2n1Cc1ccc2c(c1)CCc1ccccc1N2CC#N. The zero-order valence-electron chi connectivity index (χ0n) is 24.4. The first kappa shape index (κ1) is 26.0. The van der Waals surface area contributed by atoms with Gasteiger partial charge in [-0.25, -0.2) is 9.97 Å². The lowest BCUT2D eigenvalue weighted by Crippen LogP contribution is -2.18. The lowest BCUT2D eigenvalue weighted by Gasteiger charge is -2.24. The third-order valence-electron chi connectivity index (χ3n) is 8.59. The van der Waals surface area contributed by atoms with E-state index in [1.165, 1.54) is 16.7 Å². The normalized spacial score (nSPS) is 12.8. The zero-order chi connectivity index (χ0) is 28.8. The van der Waals surface area contributed by atoms with Crippen LogP contribution in [0.1, 0.15) is 41.4 Å². The number of imidazole rings is 2. The average Bonchev–Trinajstić information content (AvgIpc) is 3.47. The van der Waals surface area contributed by atoms with Crippen LogP contribution in [-0.2, 0) is 32.9 Å². The van der Waals surface area contributed by atoms with Crippen LogP contribution in [0.5, 0.6) is 0 Å². The van der Waals surface area contributed by atoms with Crippen molar-refractivity contribution in [3.63, 3.8) is 0 Å². The highest BCUT2D eigenvalue weighted by Crippen LogP contribution is 2.37. The number of nitrogens with zero attached hydrogens (tertiary/aromatic N) is 6. The van der Waals surface area contributed by atoms with Crippen molar-refractivity contribution >= 4 is 33.4 Å². The van der Waals surface area contributed by atoms with E-state index in [0.717, 1.165) is 88.4 Å². The second-order valence-corrected chi connectivity index (χ2v) is 11.3. The molecule has 0 saturated heterocycles. The monoisotopic (exact) mass is 550 g/mol. The first-order valence-electron chi connectivity index (χ1n) is 14.8. The Hall–Kier alpha value is -4.89. The Morgan fingerprint density at radius 2 is 1.64 bits per heavy atom. The van der Waals surface area contributed by atoms with Gasteiger partial charge in [0.1, 0.15) is 18.2 Å². The van der Waals surface area contributed by atoms with Gasteiger partial charge in [0, 0.05) is 37.0 Å². The lowest BCUT2D eigenvalue weighted by molar-refractivity contribution is 0.721. The van der Waals surface area contributed by atoms with Gasteiger partial charge in [-0.1, -0.05) is 49.4 Å². The molecule has 0 spiro atoms. The molecule has 1 aliphatic rings. The van der Waals surface area contributed by atoms with Gasteiger partial charge in [0.05, 0.1) is 28.1 Å². The summed E-state index contributed by atoms with van der Waals surface area (Å²) >= 11 is 0. The van der Waals surface area contributed by atoms with Crippen LogP contribution in [0, 0.1) is 18.3 Å². The number of nitriles is 1. The maximum absolute atomic E-state index is 9.65. The van der Waals surface area contributed by atoms with E-state index in [4.69, 9.17) is 9.97 Å². The van der Waals surface area contributed by atoms with E-state index in [2.05, 4.69) is 114 Å². The van der Waals surface area contributed by atoms with Crippen molar-refractivity contribution in [2.45, 2.75) is 46.1 Å². The first-order valence-corrected chi connectivity index (χ1v) is 14.8. The van der Waals surface area contributed by atoms with Crippen LogP contribution in [0.4, 0.5) is 11.4 Å². The molecule has 0 amide bonds. The maximum Gasteiger partial charge on any atom is 0.140 e. The average molecular weight is 551 g/mol. The number of aryl methyl sites for hydroxylation is 5. The Morgan fingerprint density at radius 3 is 2.48 bits per heavy atom. The standard InChI is InChI=1S/C36H34N6/c1-4-9-34-39-35-24(2)20-28(36-38-29-11-6-8-13-32(29)40(36)3)22-33(35)42(34)23-25-14-17-31-27(21-25)16-15-26-10-5-7-12-30(26)41(31)19-18-37/h5-8,10-14,17,20-22H,4,9,15-16,19,23H2,1-3H3. The smallest absolute Gasteiger partial charge is 0.140 e. The minimum atomic E-state index is 0.334. The Balaban J connectivity index is 1.32. The number of aromatic nitrogens is 4. The summed E-state index contributed by atoms with van der Waals surface area (Å²) in [7, 11) is 2.09. The van der Waals surface area contributed by atoms with Crippen molar-refractivity contribution in [2.24, 2.45) is 7.05 Å². The van der Waals surface area contributed by atoms with Crippen LogP contribution in [0.3, 0.4) is 0 Å². The van der Waals surface area contributed by atoms with Crippen LogP contribution in [0.25, 0.3) is 33.5 Å². The minimum absolute atomic E-state index is 0.334. The van der Waals surface area contributed by atoms with Gasteiger partial charge >= 0.3 is 0 Å². The van der Waals surface area contributed by atoms with E-state index >= 15 is 0 Å². The Bertz CT molecular complexity index is 2000. The molecule has 1 aliphatic heterocycles. The number of hydrogen-bond acceptors (Lipinski definition) is 4. The Labute approximate surface area is 246 Å². The van der Waals surface area contributed by atoms with Gasteiger partial charge < -0.3 is 14.0 Å². The molecule has 3 heterocycles. The molecule has 0 fully saturated rings. The number of benzene rings is 4. The summed E-state index contributed by atoms with van der Waals surface area (Å²) in [5.74, 6) is 2.08. The highest BCUT2D eigenvalue weighted by molar-refractivity contribution is 5.87. The van der Waals surface area contributed by atoms with Crippen LogP contribution in [0.2, 0.25) is 0 Å². The summed E-state index contributed by atoms with van der Waals surface area (Å²) in [5.41, 5.74) is 12.7. The predicted octanol–water partition coefficient (Wildman–Crippen LogP) is 7.66.